The summed E-state index contributed by atoms with van der Waals surface area (Å²) in [5.41, 5.74) is -5.09. The molecule has 15 heteroatoms. The number of aliphatic hydroxyl groups is 2. The Morgan fingerprint density at radius 2 is 1.14 bits per heavy atom. The van der Waals surface area contributed by atoms with Crippen molar-refractivity contribution in [3.8, 4) is 0 Å². The van der Waals surface area contributed by atoms with Gasteiger partial charge in [-0.2, -0.15) is 13.2 Å². The first-order valence-electron chi connectivity index (χ1n) is 18.4. The number of likely N-dealkylation sites (N-methyl/N-ethyl adjacent to an activating group) is 1. The van der Waals surface area contributed by atoms with E-state index in [9.17, 15) is 57.6 Å². The summed E-state index contributed by atoms with van der Waals surface area (Å²) in [5.74, 6) is -8.17. The second-order valence-corrected chi connectivity index (χ2v) is 14.6. The summed E-state index contributed by atoms with van der Waals surface area (Å²) in [7, 11) is 2.12. The molecular weight excluding hydrogens is 759 g/mol. The fraction of sp³-hybridized carbons (Fsp3) is 0.326. The number of Topliss-reactive ketones (excluding diaryl/α,β-unsaturated/α-hetero) is 2. The second-order valence-electron chi connectivity index (χ2n) is 14.6. The van der Waals surface area contributed by atoms with Gasteiger partial charge in [-0.05, 0) is 69.6 Å². The average Bonchev–Trinajstić information content (AvgIpc) is 3.56. The summed E-state index contributed by atoms with van der Waals surface area (Å²) in [5, 5.41) is 40.3. The van der Waals surface area contributed by atoms with Crippen LogP contribution in [0.25, 0.3) is 0 Å². The van der Waals surface area contributed by atoms with Gasteiger partial charge >= 0.3 is 18.1 Å². The van der Waals surface area contributed by atoms with Crippen LogP contribution < -0.4 is 9.80 Å². The molecule has 0 aromatic heterocycles. The number of benzene rings is 4. The number of hydrogen-bond donors (Lipinski definition) is 4. The maximum atomic E-state index is 13.0. The Morgan fingerprint density at radius 3 is 1.59 bits per heavy atom. The van der Waals surface area contributed by atoms with E-state index in [1.165, 1.54) is 42.1 Å². The normalized spacial score (nSPS) is 18.1. The molecule has 12 nitrogen and oxygen atoms in total. The van der Waals surface area contributed by atoms with E-state index in [1.807, 2.05) is 12.1 Å². The van der Waals surface area contributed by atoms with Gasteiger partial charge in [-0.3, -0.25) is 14.4 Å². The molecule has 4 aromatic rings. The number of hydrogen-bond acceptors (Lipinski definition) is 9. The molecule has 6 rings (SSSR count). The van der Waals surface area contributed by atoms with Gasteiger partial charge < -0.3 is 35.1 Å². The van der Waals surface area contributed by atoms with Gasteiger partial charge in [-0.25, -0.2) is 9.59 Å². The number of piperazine rings is 1. The zero-order chi connectivity index (χ0) is 42.6. The molecule has 2 saturated heterocycles. The van der Waals surface area contributed by atoms with E-state index in [-0.39, 0.29) is 23.0 Å². The molecule has 306 valence electrons. The molecule has 0 radical (unpaired) electrons. The Bertz CT molecular complexity index is 2070. The van der Waals surface area contributed by atoms with Crippen LogP contribution in [0.4, 0.5) is 24.5 Å². The highest BCUT2D eigenvalue weighted by Gasteiger charge is 2.70. The van der Waals surface area contributed by atoms with Gasteiger partial charge in [0.15, 0.2) is 0 Å². The minimum atomic E-state index is -4.37. The van der Waals surface area contributed by atoms with E-state index in [4.69, 9.17) is 0 Å². The number of halogens is 3. The molecule has 58 heavy (non-hydrogen) atoms. The predicted octanol–water partition coefficient (Wildman–Crippen LogP) is 5.05. The number of para-hydroxylation sites is 1. The molecule has 2 aliphatic rings. The third-order valence-corrected chi connectivity index (χ3v) is 10.6. The van der Waals surface area contributed by atoms with E-state index < -0.39 is 46.4 Å². The number of nitrogens with zero attached hydrogens (tertiary/aromatic N) is 3. The fourth-order valence-electron chi connectivity index (χ4n) is 6.98. The molecule has 1 amide bonds. The first-order valence-corrected chi connectivity index (χ1v) is 18.4. The quantitative estimate of drug-likeness (QED) is 0.118. The minimum absolute atomic E-state index is 0.0112. The van der Waals surface area contributed by atoms with Crippen LogP contribution >= 0.6 is 0 Å². The van der Waals surface area contributed by atoms with Gasteiger partial charge in [-0.1, -0.05) is 77.9 Å². The molecule has 0 bridgehead atoms. The lowest BCUT2D eigenvalue weighted by atomic mass is 9.73. The van der Waals surface area contributed by atoms with E-state index >= 15 is 0 Å². The number of aryl methyl sites for hydroxylation is 2. The zero-order valence-electron chi connectivity index (χ0n) is 32.1. The lowest BCUT2D eigenvalue weighted by molar-refractivity contribution is -0.187. The molecule has 3 unspecified atom stereocenters. The van der Waals surface area contributed by atoms with Crippen molar-refractivity contribution in [2.45, 2.75) is 44.1 Å². The first-order chi connectivity index (χ1) is 27.3. The van der Waals surface area contributed by atoms with Crippen molar-refractivity contribution < 1.29 is 57.6 Å². The number of alkyl halides is 3. The van der Waals surface area contributed by atoms with Crippen molar-refractivity contribution >= 4 is 40.8 Å². The predicted molar refractivity (Wildman–Crippen MR) is 208 cm³/mol. The molecule has 2 aliphatic heterocycles. The van der Waals surface area contributed by atoms with Crippen LogP contribution in [-0.4, -0.2) is 106 Å². The van der Waals surface area contributed by atoms with Crippen LogP contribution in [0, 0.1) is 19.8 Å². The largest absolute Gasteiger partial charge is 0.479 e. The van der Waals surface area contributed by atoms with E-state index in [0.29, 0.717) is 36.2 Å². The molecule has 0 aliphatic carbocycles. The number of carbonyl (C=O) groups is 5. The highest BCUT2D eigenvalue weighted by Crippen LogP contribution is 2.35. The third kappa shape index (κ3) is 8.81. The lowest BCUT2D eigenvalue weighted by Crippen LogP contribution is -2.71. The van der Waals surface area contributed by atoms with Crippen LogP contribution in [0.2, 0.25) is 0 Å². The number of ketones is 2. The molecule has 2 heterocycles. The van der Waals surface area contributed by atoms with Crippen molar-refractivity contribution in [2.24, 2.45) is 5.92 Å². The van der Waals surface area contributed by atoms with Crippen molar-refractivity contribution in [3.05, 3.63) is 130 Å². The third-order valence-electron chi connectivity index (χ3n) is 10.6. The van der Waals surface area contributed by atoms with Crippen LogP contribution in [0.1, 0.15) is 49.4 Å². The molecule has 4 aromatic carbocycles. The number of rotatable bonds is 11. The Labute approximate surface area is 332 Å². The number of carbonyl (C=O) groups excluding carboxylic acids is 3. The van der Waals surface area contributed by atoms with Gasteiger partial charge in [0, 0.05) is 61.1 Å². The minimum Gasteiger partial charge on any atom is -0.479 e. The SMILES string of the molecule is CN1CCN(c2ccccc2CC2CCN(c3ccc(C(F)(F)F)cc3)C2=O)CC1.Cc1ccc(C(=O)C(O)(C(=O)O)C(O)(C(=O)O)C(=O)c2ccc(C)cc2)cc1. The molecule has 2 fully saturated rings. The Balaban J connectivity index is 0.000000222. The number of anilines is 2. The van der Waals surface area contributed by atoms with Crippen molar-refractivity contribution in [3.63, 3.8) is 0 Å². The van der Waals surface area contributed by atoms with Crippen molar-refractivity contribution in [1.29, 1.82) is 0 Å². The molecule has 4 N–H and O–H groups in total. The van der Waals surface area contributed by atoms with E-state index in [0.717, 1.165) is 68.1 Å². The maximum absolute atomic E-state index is 13.0. The number of carboxylic acid groups (broad SMARTS) is 2. The van der Waals surface area contributed by atoms with Crippen molar-refractivity contribution in [2.75, 3.05) is 49.6 Å². The molecule has 0 saturated carbocycles. The summed E-state index contributed by atoms with van der Waals surface area (Å²) in [4.78, 5) is 68.4. The van der Waals surface area contributed by atoms with E-state index in [2.05, 4.69) is 29.0 Å². The van der Waals surface area contributed by atoms with Gasteiger partial charge in [0.2, 0.25) is 17.5 Å². The zero-order valence-corrected chi connectivity index (χ0v) is 32.1. The number of carboxylic acids is 2. The number of aliphatic carboxylic acids is 2. The highest BCUT2D eigenvalue weighted by molar-refractivity contribution is 6.28. The van der Waals surface area contributed by atoms with E-state index in [1.54, 1.807) is 18.7 Å². The van der Waals surface area contributed by atoms with Gasteiger partial charge in [0.05, 0.1) is 5.56 Å². The Kier molecular flexibility index (Phi) is 12.9. The lowest BCUT2D eigenvalue weighted by Gasteiger charge is -2.35. The molecular formula is C43H44F3N3O9. The van der Waals surface area contributed by atoms with Gasteiger partial charge in [0.25, 0.3) is 11.2 Å². The summed E-state index contributed by atoms with van der Waals surface area (Å²) in [6.07, 6.45) is -3.02. The molecule has 3 atom stereocenters. The monoisotopic (exact) mass is 803 g/mol. The van der Waals surface area contributed by atoms with Crippen molar-refractivity contribution in [1.82, 2.24) is 4.90 Å². The van der Waals surface area contributed by atoms with Gasteiger partial charge in [0.1, 0.15) is 0 Å². The first kappa shape index (κ1) is 43.2. The maximum Gasteiger partial charge on any atom is 0.416 e. The Morgan fingerprint density at radius 1 is 0.672 bits per heavy atom. The highest BCUT2D eigenvalue weighted by atomic mass is 19.4. The second kappa shape index (κ2) is 17.3. The summed E-state index contributed by atoms with van der Waals surface area (Å²) < 4.78 is 38.4. The van der Waals surface area contributed by atoms with Crippen LogP contribution in [-0.2, 0) is 27.0 Å². The van der Waals surface area contributed by atoms with Crippen LogP contribution in [0.5, 0.6) is 0 Å². The Hall–Kier alpha value is -5.90. The standard InChI is InChI=1S/C23H26F3N3O.C20H18O8/c1-27-12-14-28(15-13-27)21-5-3-2-4-17(21)16-18-10-11-29(22(18)30)20-8-6-19(7-9-20)23(24,25)26;1-11-3-7-13(8-4-11)15(21)19(27,17(23)24)20(28,18(25)26)16(22)14-9-5-12(2)6-10-14/h2-9,18H,10-16H2,1H3;3-10,27-28H,1-2H3,(H,23,24)(H,25,26). The summed E-state index contributed by atoms with van der Waals surface area (Å²) >= 11 is 0. The number of amides is 1. The fourth-order valence-corrected chi connectivity index (χ4v) is 6.98. The average molecular weight is 804 g/mol. The summed E-state index contributed by atoms with van der Waals surface area (Å²) in [6, 6.07) is 23.4. The summed E-state index contributed by atoms with van der Waals surface area (Å²) in [6.45, 7) is 7.86. The topological polar surface area (TPSA) is 176 Å². The van der Waals surface area contributed by atoms with Gasteiger partial charge in [-0.15, -0.1) is 0 Å². The smallest absolute Gasteiger partial charge is 0.416 e. The van der Waals surface area contributed by atoms with Crippen LogP contribution in [0.15, 0.2) is 97.1 Å². The molecule has 0 spiro atoms. The van der Waals surface area contributed by atoms with Crippen LogP contribution in [0.3, 0.4) is 0 Å².